The topological polar surface area (TPSA) is 85.1 Å². The van der Waals surface area contributed by atoms with E-state index in [1.165, 1.54) is 0 Å². The van der Waals surface area contributed by atoms with Gasteiger partial charge in [-0.3, -0.25) is 4.72 Å². The molecule has 7 heteroatoms. The quantitative estimate of drug-likeness (QED) is 0.822. The molecule has 21 heavy (non-hydrogen) atoms. The minimum absolute atomic E-state index is 0.168. The summed E-state index contributed by atoms with van der Waals surface area (Å²) in [7, 11) is -3.54. The molecule has 1 aromatic carbocycles. The molecule has 0 aliphatic carbocycles. The Bertz CT molecular complexity index is 756. The van der Waals surface area contributed by atoms with Crippen molar-refractivity contribution >= 4 is 33.0 Å². The van der Waals surface area contributed by atoms with Crippen molar-refractivity contribution in [3.8, 4) is 0 Å². The number of anilines is 1. The van der Waals surface area contributed by atoms with Gasteiger partial charge in [-0.1, -0.05) is 36.5 Å². The molecular weight excluding hydrogens is 306 g/mol. The number of aryl methyl sites for hydroxylation is 1. The van der Waals surface area contributed by atoms with Gasteiger partial charge in [0.05, 0.1) is 5.75 Å². The molecule has 1 heterocycles. The maximum Gasteiger partial charge on any atom is 0.238 e. The second-order valence-electron chi connectivity index (χ2n) is 4.65. The molecule has 0 aliphatic rings. The Morgan fingerprint density at radius 2 is 2.10 bits per heavy atom. The molecule has 2 aromatic rings. The number of nitrogens with two attached hydrogens (primary N) is 1. The molecule has 0 fully saturated rings. The zero-order valence-electron chi connectivity index (χ0n) is 11.4. The third-order valence-electron chi connectivity index (χ3n) is 2.74. The lowest BCUT2D eigenvalue weighted by atomic mass is 10.1. The Kier molecular flexibility index (Phi) is 4.54. The van der Waals surface area contributed by atoms with E-state index in [4.69, 9.17) is 18.0 Å². The summed E-state index contributed by atoms with van der Waals surface area (Å²) >= 11 is 4.88. The third kappa shape index (κ3) is 4.51. The van der Waals surface area contributed by atoms with Crippen molar-refractivity contribution in [2.45, 2.75) is 12.7 Å². The highest BCUT2D eigenvalue weighted by Crippen LogP contribution is 2.12. The van der Waals surface area contributed by atoms with E-state index in [2.05, 4.69) is 9.71 Å². The van der Waals surface area contributed by atoms with Crippen LogP contribution in [0.1, 0.15) is 16.7 Å². The van der Waals surface area contributed by atoms with Gasteiger partial charge in [0.1, 0.15) is 10.8 Å². The molecular formula is C14H15N3O2S2. The number of aromatic nitrogens is 1. The summed E-state index contributed by atoms with van der Waals surface area (Å²) in [5, 5.41) is 0. The smallest absolute Gasteiger partial charge is 0.238 e. The van der Waals surface area contributed by atoms with Crippen molar-refractivity contribution in [2.24, 2.45) is 5.73 Å². The van der Waals surface area contributed by atoms with Crippen LogP contribution in [0.5, 0.6) is 0 Å². The van der Waals surface area contributed by atoms with E-state index in [1.54, 1.807) is 42.6 Å². The van der Waals surface area contributed by atoms with Crippen molar-refractivity contribution in [3.05, 3.63) is 59.3 Å². The molecule has 0 unspecified atom stereocenters. The SMILES string of the molecule is Cc1ccc(NS(=O)(=O)Cc2cccc(C(N)=S)c2)nc1. The van der Waals surface area contributed by atoms with Crippen LogP contribution in [0, 0.1) is 6.92 Å². The van der Waals surface area contributed by atoms with E-state index in [0.717, 1.165) is 5.56 Å². The van der Waals surface area contributed by atoms with Crippen molar-refractivity contribution in [1.82, 2.24) is 4.98 Å². The fraction of sp³-hybridized carbons (Fsp3) is 0.143. The highest BCUT2D eigenvalue weighted by atomic mass is 32.2. The van der Waals surface area contributed by atoms with Crippen molar-refractivity contribution in [1.29, 1.82) is 0 Å². The summed E-state index contributed by atoms with van der Waals surface area (Å²) in [5.41, 5.74) is 7.76. The first kappa shape index (κ1) is 15.4. The predicted octanol–water partition coefficient (Wildman–Crippen LogP) is 1.97. The minimum atomic E-state index is -3.54. The van der Waals surface area contributed by atoms with Gasteiger partial charge in [0, 0.05) is 11.8 Å². The van der Waals surface area contributed by atoms with Gasteiger partial charge in [-0.2, -0.15) is 0 Å². The molecule has 5 nitrogen and oxygen atoms in total. The maximum atomic E-state index is 12.1. The summed E-state index contributed by atoms with van der Waals surface area (Å²) in [6, 6.07) is 10.3. The van der Waals surface area contributed by atoms with Crippen molar-refractivity contribution in [2.75, 3.05) is 4.72 Å². The van der Waals surface area contributed by atoms with Crippen LogP contribution < -0.4 is 10.5 Å². The van der Waals surface area contributed by atoms with Gasteiger partial charge in [-0.25, -0.2) is 13.4 Å². The zero-order valence-corrected chi connectivity index (χ0v) is 13.0. The fourth-order valence-electron chi connectivity index (χ4n) is 1.76. The van der Waals surface area contributed by atoms with Gasteiger partial charge in [-0.05, 0) is 30.2 Å². The lowest BCUT2D eigenvalue weighted by molar-refractivity contribution is 0.600. The van der Waals surface area contributed by atoms with Crippen LogP contribution in [0.2, 0.25) is 0 Å². The highest BCUT2D eigenvalue weighted by molar-refractivity contribution is 7.91. The Labute approximate surface area is 129 Å². The highest BCUT2D eigenvalue weighted by Gasteiger charge is 2.13. The molecule has 0 amide bonds. The van der Waals surface area contributed by atoms with Crippen molar-refractivity contribution in [3.63, 3.8) is 0 Å². The first-order valence-corrected chi connectivity index (χ1v) is 8.24. The Morgan fingerprint density at radius 3 is 2.71 bits per heavy atom. The van der Waals surface area contributed by atoms with E-state index in [1.807, 2.05) is 6.92 Å². The maximum absolute atomic E-state index is 12.1. The molecule has 3 N–H and O–H groups in total. The summed E-state index contributed by atoms with van der Waals surface area (Å²) in [6.07, 6.45) is 1.60. The van der Waals surface area contributed by atoms with E-state index in [-0.39, 0.29) is 10.7 Å². The molecule has 0 bridgehead atoms. The van der Waals surface area contributed by atoms with Gasteiger partial charge in [0.25, 0.3) is 0 Å². The second kappa shape index (κ2) is 6.19. The molecule has 0 radical (unpaired) electrons. The standard InChI is InChI=1S/C14H15N3O2S2/c1-10-5-6-13(16-8-10)17-21(18,19)9-11-3-2-4-12(7-11)14(15)20/h2-8H,9H2,1H3,(H2,15,20)(H,16,17). The summed E-state index contributed by atoms with van der Waals surface area (Å²) in [5.74, 6) is 0.130. The van der Waals surface area contributed by atoms with E-state index in [9.17, 15) is 8.42 Å². The first-order valence-electron chi connectivity index (χ1n) is 6.18. The van der Waals surface area contributed by atoms with Crippen LogP contribution in [0.25, 0.3) is 0 Å². The average Bonchev–Trinajstić information content (AvgIpc) is 2.41. The minimum Gasteiger partial charge on any atom is -0.389 e. The summed E-state index contributed by atoms with van der Waals surface area (Å²) < 4.78 is 26.7. The van der Waals surface area contributed by atoms with Crippen LogP contribution in [-0.2, 0) is 15.8 Å². The number of thiocarbonyl (C=S) groups is 1. The van der Waals surface area contributed by atoms with Gasteiger partial charge >= 0.3 is 0 Å². The van der Waals surface area contributed by atoms with Gasteiger partial charge in [-0.15, -0.1) is 0 Å². The van der Waals surface area contributed by atoms with Gasteiger partial charge in [0.15, 0.2) is 0 Å². The van der Waals surface area contributed by atoms with E-state index < -0.39 is 10.0 Å². The number of hydrogen-bond donors (Lipinski definition) is 2. The number of pyridine rings is 1. The van der Waals surface area contributed by atoms with E-state index >= 15 is 0 Å². The third-order valence-corrected chi connectivity index (χ3v) is 4.21. The number of rotatable bonds is 5. The second-order valence-corrected chi connectivity index (χ2v) is 6.81. The lowest BCUT2D eigenvalue weighted by Crippen LogP contribution is -2.16. The van der Waals surface area contributed by atoms with Crippen LogP contribution in [0.15, 0.2) is 42.6 Å². The molecule has 2 rings (SSSR count). The van der Waals surface area contributed by atoms with Crippen LogP contribution >= 0.6 is 12.2 Å². The van der Waals surface area contributed by atoms with Crippen LogP contribution in [0.3, 0.4) is 0 Å². The number of nitrogens with zero attached hydrogens (tertiary/aromatic N) is 1. The monoisotopic (exact) mass is 321 g/mol. The Hall–Kier alpha value is -1.99. The summed E-state index contributed by atoms with van der Waals surface area (Å²) in [4.78, 5) is 4.26. The normalized spacial score (nSPS) is 11.1. The first-order chi connectivity index (χ1) is 9.85. The fourth-order valence-corrected chi connectivity index (χ4v) is 3.01. The van der Waals surface area contributed by atoms with Crippen LogP contribution in [-0.4, -0.2) is 18.4 Å². The predicted molar refractivity (Wildman–Crippen MR) is 87.5 cm³/mol. The van der Waals surface area contributed by atoms with Crippen LogP contribution in [0.4, 0.5) is 5.82 Å². The number of sulfonamides is 1. The largest absolute Gasteiger partial charge is 0.389 e. The van der Waals surface area contributed by atoms with Crippen molar-refractivity contribution < 1.29 is 8.42 Å². The van der Waals surface area contributed by atoms with Gasteiger partial charge in [0.2, 0.25) is 10.0 Å². The molecule has 0 aliphatic heterocycles. The van der Waals surface area contributed by atoms with E-state index in [0.29, 0.717) is 16.9 Å². The Balaban J connectivity index is 2.15. The molecule has 1 aromatic heterocycles. The zero-order chi connectivity index (χ0) is 15.5. The molecule has 0 atom stereocenters. The molecule has 0 saturated carbocycles. The Morgan fingerprint density at radius 1 is 1.33 bits per heavy atom. The number of nitrogens with one attached hydrogen (secondary N) is 1. The lowest BCUT2D eigenvalue weighted by Gasteiger charge is -2.08. The number of benzene rings is 1. The molecule has 0 saturated heterocycles. The average molecular weight is 321 g/mol. The number of hydrogen-bond acceptors (Lipinski definition) is 4. The summed E-state index contributed by atoms with van der Waals surface area (Å²) in [6.45, 7) is 1.88. The van der Waals surface area contributed by atoms with Gasteiger partial charge < -0.3 is 5.73 Å². The molecule has 110 valence electrons. The molecule has 0 spiro atoms.